The number of rotatable bonds is 4. The van der Waals surface area contributed by atoms with Gasteiger partial charge in [0, 0.05) is 22.1 Å². The van der Waals surface area contributed by atoms with Crippen LogP contribution in [-0.2, 0) is 16.6 Å². The van der Waals surface area contributed by atoms with Gasteiger partial charge in [-0.25, -0.2) is 0 Å². The average molecular weight is 321 g/mol. The van der Waals surface area contributed by atoms with E-state index in [1.165, 1.54) is 30.3 Å². The summed E-state index contributed by atoms with van der Waals surface area (Å²) in [5.74, 6) is 0.183. The standard InChI is InChI=1S/C14H9ClN2O3S/c15-14-7-10(8-16)1-2-11(14)9-21(20)13-5-3-12(4-6-13)17(18)19/h1-7H,9H2. The molecule has 106 valence electrons. The van der Waals surface area contributed by atoms with Crippen LogP contribution in [-0.4, -0.2) is 9.13 Å². The van der Waals surface area contributed by atoms with Crippen LogP contribution in [0, 0.1) is 21.4 Å². The first kappa shape index (κ1) is 15.2. The fourth-order valence-electron chi connectivity index (χ4n) is 1.68. The molecule has 2 rings (SSSR count). The molecule has 0 fully saturated rings. The van der Waals surface area contributed by atoms with Crippen molar-refractivity contribution in [3.8, 4) is 6.07 Å². The van der Waals surface area contributed by atoms with Gasteiger partial charge >= 0.3 is 0 Å². The molecule has 5 nitrogen and oxygen atoms in total. The van der Waals surface area contributed by atoms with Gasteiger partial charge in [0.2, 0.25) is 0 Å². The molecule has 0 saturated heterocycles. The maximum Gasteiger partial charge on any atom is 0.269 e. The molecular formula is C14H9ClN2O3S. The first-order valence-electron chi connectivity index (χ1n) is 5.82. The van der Waals surface area contributed by atoms with Crippen molar-refractivity contribution in [2.45, 2.75) is 10.6 Å². The van der Waals surface area contributed by atoms with E-state index in [4.69, 9.17) is 16.9 Å². The summed E-state index contributed by atoms with van der Waals surface area (Å²) >= 11 is 6.03. The van der Waals surface area contributed by atoms with E-state index in [1.54, 1.807) is 12.1 Å². The highest BCUT2D eigenvalue weighted by molar-refractivity contribution is 7.84. The second-order valence-corrected chi connectivity index (χ2v) is 6.02. The molecule has 0 aliphatic rings. The summed E-state index contributed by atoms with van der Waals surface area (Å²) in [5.41, 5.74) is 1.05. The fraction of sp³-hybridized carbons (Fsp3) is 0.0714. The highest BCUT2D eigenvalue weighted by Gasteiger charge is 2.11. The van der Waals surface area contributed by atoms with Gasteiger partial charge in [-0.3, -0.25) is 14.3 Å². The summed E-state index contributed by atoms with van der Waals surface area (Å²) in [6.45, 7) is 0. The molecule has 0 radical (unpaired) electrons. The summed E-state index contributed by atoms with van der Waals surface area (Å²) in [4.78, 5) is 10.5. The van der Waals surface area contributed by atoms with Crippen molar-refractivity contribution in [3.63, 3.8) is 0 Å². The number of halogens is 1. The normalized spacial score (nSPS) is 11.6. The first-order chi connectivity index (χ1) is 10.0. The molecule has 1 unspecified atom stereocenters. The summed E-state index contributed by atoms with van der Waals surface area (Å²) in [7, 11) is -1.36. The maximum atomic E-state index is 12.2. The number of nitrogens with zero attached hydrogens (tertiary/aromatic N) is 2. The molecular weight excluding hydrogens is 312 g/mol. The fourth-order valence-corrected chi connectivity index (χ4v) is 3.15. The Bertz CT molecular complexity index is 754. The largest absolute Gasteiger partial charge is 0.269 e. The molecule has 2 aromatic carbocycles. The molecule has 0 N–H and O–H groups in total. The second kappa shape index (κ2) is 6.48. The van der Waals surface area contributed by atoms with Crippen LogP contribution < -0.4 is 0 Å². The van der Waals surface area contributed by atoms with Crippen molar-refractivity contribution in [2.24, 2.45) is 0 Å². The highest BCUT2D eigenvalue weighted by atomic mass is 35.5. The lowest BCUT2D eigenvalue weighted by Crippen LogP contribution is -1.98. The molecule has 0 aromatic heterocycles. The van der Waals surface area contributed by atoms with E-state index in [2.05, 4.69) is 0 Å². The Balaban J connectivity index is 2.18. The molecule has 0 heterocycles. The number of benzene rings is 2. The Morgan fingerprint density at radius 3 is 2.43 bits per heavy atom. The molecule has 0 saturated carbocycles. The number of hydrogen-bond acceptors (Lipinski definition) is 4. The summed E-state index contributed by atoms with van der Waals surface area (Å²) in [6, 6.07) is 12.3. The number of hydrogen-bond donors (Lipinski definition) is 0. The van der Waals surface area contributed by atoms with E-state index in [0.29, 0.717) is 21.0 Å². The SMILES string of the molecule is N#Cc1ccc(CS(=O)c2ccc([N+](=O)[O-])cc2)c(Cl)c1. The van der Waals surface area contributed by atoms with Gasteiger partial charge in [0.05, 0.1) is 33.1 Å². The van der Waals surface area contributed by atoms with Gasteiger partial charge < -0.3 is 0 Å². The molecule has 21 heavy (non-hydrogen) atoms. The van der Waals surface area contributed by atoms with Crippen LogP contribution in [0.2, 0.25) is 5.02 Å². The molecule has 2 aromatic rings. The minimum absolute atomic E-state index is 0.0489. The van der Waals surface area contributed by atoms with E-state index in [0.717, 1.165) is 0 Å². The van der Waals surface area contributed by atoms with Crippen molar-refractivity contribution < 1.29 is 9.13 Å². The third kappa shape index (κ3) is 3.66. The summed E-state index contributed by atoms with van der Waals surface area (Å²) in [6.07, 6.45) is 0. The topological polar surface area (TPSA) is 84.0 Å². The van der Waals surface area contributed by atoms with Gasteiger partial charge in [-0.2, -0.15) is 5.26 Å². The lowest BCUT2D eigenvalue weighted by molar-refractivity contribution is -0.384. The van der Waals surface area contributed by atoms with E-state index in [1.807, 2.05) is 6.07 Å². The van der Waals surface area contributed by atoms with Gasteiger partial charge in [-0.05, 0) is 29.8 Å². The second-order valence-electron chi connectivity index (χ2n) is 4.16. The Morgan fingerprint density at radius 2 is 1.90 bits per heavy atom. The monoisotopic (exact) mass is 320 g/mol. The lowest BCUT2D eigenvalue weighted by Gasteiger charge is -2.05. The minimum atomic E-state index is -1.36. The average Bonchev–Trinajstić information content (AvgIpc) is 2.49. The van der Waals surface area contributed by atoms with Crippen molar-refractivity contribution in [2.75, 3.05) is 0 Å². The summed E-state index contributed by atoms with van der Waals surface area (Å²) < 4.78 is 12.2. The Hall–Kier alpha value is -2.23. The zero-order chi connectivity index (χ0) is 15.4. The van der Waals surface area contributed by atoms with Crippen LogP contribution in [0.3, 0.4) is 0 Å². The molecule has 7 heteroatoms. The predicted molar refractivity (Wildman–Crippen MR) is 79.4 cm³/mol. The van der Waals surface area contributed by atoms with E-state index in [9.17, 15) is 14.3 Å². The molecule has 0 spiro atoms. The number of nitro benzene ring substituents is 1. The van der Waals surface area contributed by atoms with Gasteiger partial charge in [-0.1, -0.05) is 17.7 Å². The Kier molecular flexibility index (Phi) is 4.68. The van der Waals surface area contributed by atoms with E-state index >= 15 is 0 Å². The lowest BCUT2D eigenvalue weighted by atomic mass is 10.2. The van der Waals surface area contributed by atoms with Crippen molar-refractivity contribution >= 4 is 28.1 Å². The van der Waals surface area contributed by atoms with Crippen LogP contribution in [0.25, 0.3) is 0 Å². The minimum Gasteiger partial charge on any atom is -0.258 e. The van der Waals surface area contributed by atoms with Crippen LogP contribution in [0.5, 0.6) is 0 Å². The van der Waals surface area contributed by atoms with E-state index in [-0.39, 0.29) is 11.4 Å². The highest BCUT2D eigenvalue weighted by Crippen LogP contribution is 2.22. The molecule has 0 aliphatic heterocycles. The smallest absolute Gasteiger partial charge is 0.258 e. The zero-order valence-corrected chi connectivity index (χ0v) is 12.2. The summed E-state index contributed by atoms with van der Waals surface area (Å²) in [5, 5.41) is 19.7. The first-order valence-corrected chi connectivity index (χ1v) is 7.52. The van der Waals surface area contributed by atoms with Gasteiger partial charge in [0.15, 0.2) is 0 Å². The van der Waals surface area contributed by atoms with Crippen LogP contribution in [0.1, 0.15) is 11.1 Å². The Labute approximate surface area is 128 Å². The predicted octanol–water partition coefficient (Wildman–Crippen LogP) is 3.43. The van der Waals surface area contributed by atoms with Gasteiger partial charge in [-0.15, -0.1) is 0 Å². The van der Waals surface area contributed by atoms with Crippen LogP contribution in [0.15, 0.2) is 47.4 Å². The molecule has 0 bridgehead atoms. The van der Waals surface area contributed by atoms with Crippen LogP contribution >= 0.6 is 11.6 Å². The third-order valence-electron chi connectivity index (χ3n) is 2.78. The zero-order valence-electron chi connectivity index (χ0n) is 10.7. The number of non-ortho nitro benzene ring substituents is 1. The quantitative estimate of drug-likeness (QED) is 0.638. The Morgan fingerprint density at radius 1 is 1.24 bits per heavy atom. The van der Waals surface area contributed by atoms with Crippen LogP contribution in [0.4, 0.5) is 5.69 Å². The van der Waals surface area contributed by atoms with Crippen molar-refractivity contribution in [1.29, 1.82) is 5.26 Å². The third-order valence-corrected chi connectivity index (χ3v) is 4.50. The van der Waals surface area contributed by atoms with Gasteiger partial charge in [0.25, 0.3) is 5.69 Å². The van der Waals surface area contributed by atoms with E-state index < -0.39 is 15.7 Å². The van der Waals surface area contributed by atoms with Crippen molar-refractivity contribution in [1.82, 2.24) is 0 Å². The number of nitriles is 1. The van der Waals surface area contributed by atoms with Gasteiger partial charge in [0.1, 0.15) is 0 Å². The maximum absolute atomic E-state index is 12.2. The molecule has 1 atom stereocenters. The molecule has 0 amide bonds. The van der Waals surface area contributed by atoms with Crippen molar-refractivity contribution in [3.05, 3.63) is 68.7 Å². The number of nitro groups is 1. The molecule has 0 aliphatic carbocycles.